The van der Waals surface area contributed by atoms with Crippen LogP contribution in [0.5, 0.6) is 0 Å². The van der Waals surface area contributed by atoms with Gasteiger partial charge in [0.1, 0.15) is 11.4 Å². The molecule has 9 nitrogen and oxygen atoms in total. The summed E-state index contributed by atoms with van der Waals surface area (Å²) in [5.41, 5.74) is -0.667. The Kier molecular flexibility index (Phi) is 6.81. The van der Waals surface area contributed by atoms with E-state index in [2.05, 4.69) is 32.5 Å². The lowest BCUT2D eigenvalue weighted by Crippen LogP contribution is -2.44. The van der Waals surface area contributed by atoms with Crippen LogP contribution in [0.4, 0.5) is 41.1 Å². The summed E-state index contributed by atoms with van der Waals surface area (Å²) in [6.07, 6.45) is -2.88. The number of benzene rings is 1. The van der Waals surface area contributed by atoms with Crippen LogP contribution in [0.1, 0.15) is 18.4 Å². The lowest BCUT2D eigenvalue weighted by atomic mass is 10.1. The van der Waals surface area contributed by atoms with Crippen molar-refractivity contribution in [2.45, 2.75) is 25.1 Å². The molecule has 1 aliphatic rings. The number of halogens is 3. The Hall–Kier alpha value is -3.83. The summed E-state index contributed by atoms with van der Waals surface area (Å²) >= 11 is 0. The molecule has 12 heteroatoms. The number of likely N-dealkylation sites (tertiary alicyclic amines) is 1. The van der Waals surface area contributed by atoms with Gasteiger partial charge in [-0.2, -0.15) is 18.2 Å². The van der Waals surface area contributed by atoms with Crippen LogP contribution in [-0.2, 0) is 11.0 Å². The number of nitrogens with one attached hydrogen (secondary N) is 3. The number of aromatic nitrogens is 2. The van der Waals surface area contributed by atoms with Crippen LogP contribution in [0, 0.1) is 0 Å². The van der Waals surface area contributed by atoms with Crippen LogP contribution in [0.15, 0.2) is 43.1 Å². The number of amides is 2. The summed E-state index contributed by atoms with van der Waals surface area (Å²) in [6, 6.07) is 5.85. The molecule has 2 heterocycles. The van der Waals surface area contributed by atoms with E-state index in [-0.39, 0.29) is 29.9 Å². The van der Waals surface area contributed by atoms with Crippen molar-refractivity contribution < 1.29 is 27.9 Å². The Morgan fingerprint density at radius 3 is 2.62 bits per heavy atom. The minimum Gasteiger partial charge on any atom is -0.465 e. The normalized spacial score (nSPS) is 16.2. The van der Waals surface area contributed by atoms with E-state index in [1.807, 2.05) is 0 Å². The number of carboxylic acid groups (broad SMARTS) is 1. The van der Waals surface area contributed by atoms with Gasteiger partial charge in [0.15, 0.2) is 0 Å². The number of piperidine rings is 1. The van der Waals surface area contributed by atoms with Gasteiger partial charge < -0.3 is 26.0 Å². The summed E-state index contributed by atoms with van der Waals surface area (Å²) in [6.45, 7) is 3.91. The van der Waals surface area contributed by atoms with Crippen LogP contribution in [-0.4, -0.2) is 51.1 Å². The highest BCUT2D eigenvalue weighted by atomic mass is 19.4. The van der Waals surface area contributed by atoms with Gasteiger partial charge in [0.2, 0.25) is 11.9 Å². The molecule has 1 aromatic heterocycles. The standard InChI is InChI=1S/C20H21F3N6O3/c1-2-16(30)26-14-7-3-4-8-15(14)27-17-13(20(21,22)23)10-24-18(28-17)25-12-6-5-9-29(11-12)19(31)32/h2-4,7-8,10,12H,1,5-6,9,11H2,(H,26,30)(H,31,32)(H2,24,25,27,28)/t12-/m0/s1. The summed E-state index contributed by atoms with van der Waals surface area (Å²) < 4.78 is 40.7. The van der Waals surface area contributed by atoms with Crippen molar-refractivity contribution in [3.8, 4) is 0 Å². The third-order valence-corrected chi connectivity index (χ3v) is 4.74. The lowest BCUT2D eigenvalue weighted by molar-refractivity contribution is -0.137. The second-order valence-electron chi connectivity index (χ2n) is 7.03. The minimum atomic E-state index is -4.73. The fourth-order valence-corrected chi connectivity index (χ4v) is 3.22. The number of carbonyl (C=O) groups is 2. The fraction of sp³-hybridized carbons (Fsp3) is 0.300. The van der Waals surface area contributed by atoms with E-state index in [4.69, 9.17) is 5.11 Å². The van der Waals surface area contributed by atoms with Crippen molar-refractivity contribution >= 4 is 35.1 Å². The van der Waals surface area contributed by atoms with Crippen LogP contribution in [0.2, 0.25) is 0 Å². The molecule has 1 atom stereocenters. The molecule has 1 saturated heterocycles. The smallest absolute Gasteiger partial charge is 0.421 e. The topological polar surface area (TPSA) is 119 Å². The van der Waals surface area contributed by atoms with Gasteiger partial charge in [-0.25, -0.2) is 9.78 Å². The fourth-order valence-electron chi connectivity index (χ4n) is 3.22. The highest BCUT2D eigenvalue weighted by Gasteiger charge is 2.36. The van der Waals surface area contributed by atoms with E-state index in [1.54, 1.807) is 12.1 Å². The van der Waals surface area contributed by atoms with Crippen molar-refractivity contribution in [2.24, 2.45) is 0 Å². The summed E-state index contributed by atoms with van der Waals surface area (Å²) in [7, 11) is 0. The number of para-hydroxylation sites is 2. The summed E-state index contributed by atoms with van der Waals surface area (Å²) in [5.74, 6) is -1.12. The van der Waals surface area contributed by atoms with Gasteiger partial charge in [0, 0.05) is 25.3 Å². The second-order valence-corrected chi connectivity index (χ2v) is 7.03. The highest BCUT2D eigenvalue weighted by Crippen LogP contribution is 2.36. The SMILES string of the molecule is C=CC(=O)Nc1ccccc1Nc1nc(N[C@H]2CCCN(C(=O)O)C2)ncc1C(F)(F)F. The van der Waals surface area contributed by atoms with Crippen LogP contribution >= 0.6 is 0 Å². The zero-order valence-corrected chi connectivity index (χ0v) is 16.8. The third-order valence-electron chi connectivity index (χ3n) is 4.74. The van der Waals surface area contributed by atoms with E-state index in [0.29, 0.717) is 25.6 Å². The summed E-state index contributed by atoms with van der Waals surface area (Å²) in [5, 5.41) is 17.2. The van der Waals surface area contributed by atoms with Crippen LogP contribution < -0.4 is 16.0 Å². The quantitative estimate of drug-likeness (QED) is 0.493. The first kappa shape index (κ1) is 22.8. The molecule has 0 unspecified atom stereocenters. The zero-order valence-electron chi connectivity index (χ0n) is 16.8. The first-order valence-corrected chi connectivity index (χ1v) is 9.65. The molecule has 1 aliphatic heterocycles. The van der Waals surface area contributed by atoms with Crippen molar-refractivity contribution in [1.29, 1.82) is 0 Å². The van der Waals surface area contributed by atoms with Gasteiger partial charge in [-0.15, -0.1) is 0 Å². The number of carbonyl (C=O) groups excluding carboxylic acids is 1. The second kappa shape index (κ2) is 9.54. The number of rotatable bonds is 6. The van der Waals surface area contributed by atoms with Gasteiger partial charge in [0.25, 0.3) is 0 Å². The zero-order chi connectivity index (χ0) is 23.3. The predicted octanol–water partition coefficient (Wildman–Crippen LogP) is 3.92. The molecule has 0 spiro atoms. The predicted molar refractivity (Wildman–Crippen MR) is 112 cm³/mol. The molecule has 170 valence electrons. The molecule has 2 aromatic rings. The van der Waals surface area contributed by atoms with Crippen LogP contribution in [0.25, 0.3) is 0 Å². The molecule has 4 N–H and O–H groups in total. The van der Waals surface area contributed by atoms with Crippen molar-refractivity contribution in [1.82, 2.24) is 14.9 Å². The Bertz CT molecular complexity index is 1010. The Labute approximate surface area is 181 Å². The average molecular weight is 450 g/mol. The molecule has 32 heavy (non-hydrogen) atoms. The molecular formula is C20H21F3N6O3. The Morgan fingerprint density at radius 1 is 1.25 bits per heavy atom. The van der Waals surface area contributed by atoms with E-state index in [9.17, 15) is 22.8 Å². The average Bonchev–Trinajstić information content (AvgIpc) is 2.74. The minimum absolute atomic E-state index is 0.0784. The number of anilines is 4. The number of nitrogens with zero attached hydrogens (tertiary/aromatic N) is 3. The first-order valence-electron chi connectivity index (χ1n) is 9.65. The van der Waals surface area contributed by atoms with E-state index in [0.717, 1.165) is 6.08 Å². The monoisotopic (exact) mass is 450 g/mol. The van der Waals surface area contributed by atoms with E-state index >= 15 is 0 Å². The maximum absolute atomic E-state index is 13.6. The van der Waals surface area contributed by atoms with Gasteiger partial charge in [-0.05, 0) is 31.1 Å². The largest absolute Gasteiger partial charge is 0.465 e. The van der Waals surface area contributed by atoms with Crippen molar-refractivity contribution in [2.75, 3.05) is 29.0 Å². The number of hydrogen-bond acceptors (Lipinski definition) is 6. The molecule has 1 aromatic carbocycles. The van der Waals surface area contributed by atoms with Gasteiger partial charge >= 0.3 is 12.3 Å². The Morgan fingerprint density at radius 2 is 1.97 bits per heavy atom. The molecule has 2 amide bonds. The molecule has 1 fully saturated rings. The number of alkyl halides is 3. The molecule has 0 bridgehead atoms. The molecule has 0 aliphatic carbocycles. The highest BCUT2D eigenvalue weighted by molar-refractivity contribution is 6.01. The first-order chi connectivity index (χ1) is 15.2. The maximum Gasteiger partial charge on any atom is 0.421 e. The van der Waals surface area contributed by atoms with Crippen molar-refractivity contribution in [3.05, 3.63) is 48.7 Å². The molecule has 0 saturated carbocycles. The molecule has 3 rings (SSSR count). The Balaban J connectivity index is 1.89. The van der Waals surface area contributed by atoms with Gasteiger partial charge in [0.05, 0.1) is 11.4 Å². The van der Waals surface area contributed by atoms with Crippen molar-refractivity contribution in [3.63, 3.8) is 0 Å². The van der Waals surface area contributed by atoms with Crippen LogP contribution in [0.3, 0.4) is 0 Å². The lowest BCUT2D eigenvalue weighted by Gasteiger charge is -2.31. The number of hydrogen-bond donors (Lipinski definition) is 4. The summed E-state index contributed by atoms with van der Waals surface area (Å²) in [4.78, 5) is 31.8. The maximum atomic E-state index is 13.6. The molecule has 0 radical (unpaired) electrons. The molecular weight excluding hydrogens is 429 g/mol. The van der Waals surface area contributed by atoms with E-state index in [1.165, 1.54) is 17.0 Å². The van der Waals surface area contributed by atoms with E-state index < -0.39 is 29.6 Å². The third kappa shape index (κ3) is 5.65. The van der Waals surface area contributed by atoms with Gasteiger partial charge in [-0.3, -0.25) is 4.79 Å². The van der Waals surface area contributed by atoms with Gasteiger partial charge in [-0.1, -0.05) is 18.7 Å².